The van der Waals surface area contributed by atoms with Gasteiger partial charge < -0.3 is 10.0 Å². The number of amides is 1. The maximum Gasteiger partial charge on any atom is 0.337 e. The Morgan fingerprint density at radius 3 is 2.80 bits per heavy atom. The van der Waals surface area contributed by atoms with Crippen LogP contribution in [0, 0.1) is 0 Å². The van der Waals surface area contributed by atoms with Crippen molar-refractivity contribution >= 4 is 29.2 Å². The minimum absolute atomic E-state index is 0.0403. The van der Waals surface area contributed by atoms with Crippen LogP contribution in [0.15, 0.2) is 12.1 Å². The second-order valence-corrected chi connectivity index (χ2v) is 3.80. The van der Waals surface area contributed by atoms with Crippen molar-refractivity contribution in [1.29, 1.82) is 0 Å². The van der Waals surface area contributed by atoms with E-state index < -0.39 is 5.97 Å². The Kier molecular flexibility index (Phi) is 2.16. The predicted octanol–water partition coefficient (Wildman–Crippen LogP) is 1.56. The number of halogens is 1. The topological polar surface area (TPSA) is 57.6 Å². The van der Waals surface area contributed by atoms with E-state index in [1.807, 2.05) is 0 Å². The highest BCUT2D eigenvalue weighted by Crippen LogP contribution is 2.32. The van der Waals surface area contributed by atoms with Crippen LogP contribution in [0.3, 0.4) is 0 Å². The number of benzene rings is 1. The van der Waals surface area contributed by atoms with Crippen LogP contribution in [0.25, 0.3) is 0 Å². The second kappa shape index (κ2) is 3.24. The molecule has 5 heteroatoms. The van der Waals surface area contributed by atoms with Gasteiger partial charge in [-0.05, 0) is 17.7 Å². The van der Waals surface area contributed by atoms with Gasteiger partial charge in [0.1, 0.15) is 0 Å². The highest BCUT2D eigenvalue weighted by molar-refractivity contribution is 6.34. The zero-order valence-corrected chi connectivity index (χ0v) is 8.71. The van der Waals surface area contributed by atoms with E-state index in [-0.39, 0.29) is 22.9 Å². The third kappa shape index (κ3) is 1.47. The first kappa shape index (κ1) is 9.98. The molecule has 0 spiro atoms. The number of fused-ring (bicyclic) bond motifs is 1. The molecule has 0 fully saturated rings. The third-order valence-electron chi connectivity index (χ3n) is 2.48. The molecule has 0 saturated heterocycles. The van der Waals surface area contributed by atoms with Crippen molar-refractivity contribution in [2.45, 2.75) is 6.42 Å². The first-order chi connectivity index (χ1) is 7.00. The van der Waals surface area contributed by atoms with Gasteiger partial charge in [0.25, 0.3) is 0 Å². The smallest absolute Gasteiger partial charge is 0.337 e. The number of carbonyl (C=O) groups is 2. The lowest BCUT2D eigenvalue weighted by Gasteiger charge is -2.10. The highest BCUT2D eigenvalue weighted by Gasteiger charge is 2.26. The van der Waals surface area contributed by atoms with E-state index in [4.69, 9.17) is 16.7 Å². The fourth-order valence-corrected chi connectivity index (χ4v) is 1.88. The van der Waals surface area contributed by atoms with E-state index in [0.717, 1.165) is 0 Å². The second-order valence-electron chi connectivity index (χ2n) is 3.40. The largest absolute Gasteiger partial charge is 0.478 e. The number of carboxylic acids is 1. The molecule has 1 heterocycles. The fourth-order valence-electron chi connectivity index (χ4n) is 1.64. The number of likely N-dealkylation sites (N-methyl/N-ethyl adjacent to an activating group) is 1. The molecule has 0 radical (unpaired) electrons. The number of hydrogen-bond donors (Lipinski definition) is 1. The highest BCUT2D eigenvalue weighted by atomic mass is 35.5. The van der Waals surface area contributed by atoms with Crippen molar-refractivity contribution in [3.63, 3.8) is 0 Å². The summed E-state index contributed by atoms with van der Waals surface area (Å²) in [6.07, 6.45) is 0.239. The fraction of sp³-hybridized carbons (Fsp3) is 0.200. The van der Waals surface area contributed by atoms with E-state index in [2.05, 4.69) is 0 Å². The molecule has 1 N–H and O–H groups in total. The van der Waals surface area contributed by atoms with Gasteiger partial charge in [-0.25, -0.2) is 4.79 Å². The lowest BCUT2D eigenvalue weighted by Crippen LogP contribution is -2.20. The summed E-state index contributed by atoms with van der Waals surface area (Å²) in [5, 5.41) is 9.00. The van der Waals surface area contributed by atoms with Gasteiger partial charge in [-0.3, -0.25) is 4.79 Å². The maximum atomic E-state index is 11.4. The summed E-state index contributed by atoms with van der Waals surface area (Å²) in [6, 6.07) is 2.98. The molecule has 1 aromatic rings. The average Bonchev–Trinajstić information content (AvgIpc) is 2.43. The summed E-state index contributed by atoms with van der Waals surface area (Å²) < 4.78 is 0. The summed E-state index contributed by atoms with van der Waals surface area (Å²) in [5.41, 5.74) is 1.44. The van der Waals surface area contributed by atoms with E-state index in [1.54, 1.807) is 7.05 Å². The number of nitrogens with zero attached hydrogens (tertiary/aromatic N) is 1. The molecule has 1 aliphatic rings. The van der Waals surface area contributed by atoms with E-state index in [0.29, 0.717) is 11.3 Å². The van der Waals surface area contributed by atoms with Crippen molar-refractivity contribution in [2.24, 2.45) is 0 Å². The quantitative estimate of drug-likeness (QED) is 0.789. The molecule has 0 saturated carbocycles. The summed E-state index contributed by atoms with van der Waals surface area (Å²) in [6.45, 7) is 0. The van der Waals surface area contributed by atoms with Crippen LogP contribution < -0.4 is 4.90 Å². The minimum Gasteiger partial charge on any atom is -0.478 e. The monoisotopic (exact) mass is 225 g/mol. The van der Waals surface area contributed by atoms with Gasteiger partial charge in [0, 0.05) is 12.7 Å². The molecule has 0 aliphatic carbocycles. The van der Waals surface area contributed by atoms with Crippen molar-refractivity contribution in [3.05, 3.63) is 28.3 Å². The Balaban J connectivity index is 2.59. The zero-order chi connectivity index (χ0) is 11.2. The Morgan fingerprint density at radius 1 is 1.53 bits per heavy atom. The van der Waals surface area contributed by atoms with Gasteiger partial charge in [0.15, 0.2) is 0 Å². The Hall–Kier alpha value is -1.55. The molecule has 0 aromatic heterocycles. The third-order valence-corrected chi connectivity index (χ3v) is 2.79. The molecular weight excluding hydrogens is 218 g/mol. The lowest BCUT2D eigenvalue weighted by atomic mass is 10.1. The summed E-state index contributed by atoms with van der Waals surface area (Å²) >= 11 is 5.80. The molecule has 0 bridgehead atoms. The van der Waals surface area contributed by atoms with Crippen molar-refractivity contribution < 1.29 is 14.7 Å². The number of carbonyl (C=O) groups excluding carboxylic acids is 1. The SMILES string of the molecule is CN1C(=O)Cc2cc(C(=O)O)c(Cl)cc21. The standard InChI is InChI=1S/C10H8ClNO3/c1-12-8-4-7(11)6(10(14)15)2-5(8)3-9(12)13/h2,4H,3H2,1H3,(H,14,15). The maximum absolute atomic E-state index is 11.4. The van der Waals surface area contributed by atoms with E-state index in [1.165, 1.54) is 17.0 Å². The van der Waals surface area contributed by atoms with Crippen LogP contribution in [-0.2, 0) is 11.2 Å². The molecular formula is C10H8ClNO3. The van der Waals surface area contributed by atoms with Gasteiger partial charge in [0.2, 0.25) is 5.91 Å². The summed E-state index contributed by atoms with van der Waals surface area (Å²) in [4.78, 5) is 23.6. The number of rotatable bonds is 1. The zero-order valence-electron chi connectivity index (χ0n) is 7.95. The van der Waals surface area contributed by atoms with Gasteiger partial charge in [-0.2, -0.15) is 0 Å². The van der Waals surface area contributed by atoms with Gasteiger partial charge >= 0.3 is 5.97 Å². The molecule has 15 heavy (non-hydrogen) atoms. The number of anilines is 1. The molecule has 1 amide bonds. The first-order valence-electron chi connectivity index (χ1n) is 4.33. The number of hydrogen-bond acceptors (Lipinski definition) is 2. The van der Waals surface area contributed by atoms with Crippen LogP contribution in [0.5, 0.6) is 0 Å². The Morgan fingerprint density at radius 2 is 2.20 bits per heavy atom. The number of carboxylic acid groups (broad SMARTS) is 1. The Bertz CT molecular complexity index is 470. The molecule has 0 atom stereocenters. The molecule has 78 valence electrons. The van der Waals surface area contributed by atoms with E-state index >= 15 is 0 Å². The normalized spacial score (nSPS) is 14.3. The van der Waals surface area contributed by atoms with Gasteiger partial charge in [-0.15, -0.1) is 0 Å². The molecule has 0 unspecified atom stereocenters. The minimum atomic E-state index is -1.08. The molecule has 4 nitrogen and oxygen atoms in total. The molecule has 1 aliphatic heterocycles. The molecule has 2 rings (SSSR count). The van der Waals surface area contributed by atoms with Crippen molar-refractivity contribution in [1.82, 2.24) is 0 Å². The summed E-state index contributed by atoms with van der Waals surface area (Å²) in [7, 11) is 1.64. The van der Waals surface area contributed by atoms with Crippen LogP contribution in [0.4, 0.5) is 5.69 Å². The predicted molar refractivity (Wildman–Crippen MR) is 55.5 cm³/mol. The lowest BCUT2D eigenvalue weighted by molar-refractivity contribution is -0.117. The number of aromatic carboxylic acids is 1. The summed E-state index contributed by atoms with van der Waals surface area (Å²) in [5.74, 6) is -1.13. The average molecular weight is 226 g/mol. The Labute approximate surface area is 91.1 Å². The van der Waals surface area contributed by atoms with Crippen molar-refractivity contribution in [2.75, 3.05) is 11.9 Å². The van der Waals surface area contributed by atoms with Gasteiger partial charge in [0.05, 0.1) is 17.0 Å². The molecule has 1 aromatic carbocycles. The van der Waals surface area contributed by atoms with E-state index in [9.17, 15) is 9.59 Å². The van der Waals surface area contributed by atoms with Crippen molar-refractivity contribution in [3.8, 4) is 0 Å². The first-order valence-corrected chi connectivity index (χ1v) is 4.71. The van der Waals surface area contributed by atoms with Crippen LogP contribution >= 0.6 is 11.6 Å². The van der Waals surface area contributed by atoms with Crippen LogP contribution in [-0.4, -0.2) is 24.0 Å². The van der Waals surface area contributed by atoms with Crippen LogP contribution in [0.1, 0.15) is 15.9 Å². The van der Waals surface area contributed by atoms with Crippen LogP contribution in [0.2, 0.25) is 5.02 Å². The van der Waals surface area contributed by atoms with Gasteiger partial charge in [-0.1, -0.05) is 11.6 Å².